The SMILES string of the molecule is CCn1cc(CC2(CNCCOC)CCOCC2)cn1. The normalized spacial score (nSPS) is 18.3. The van der Waals surface area contributed by atoms with Gasteiger partial charge in [0.15, 0.2) is 0 Å². The number of hydrogen-bond acceptors (Lipinski definition) is 4. The third-order valence-corrected chi connectivity index (χ3v) is 4.13. The van der Waals surface area contributed by atoms with Gasteiger partial charge in [-0.15, -0.1) is 0 Å². The van der Waals surface area contributed by atoms with E-state index in [1.807, 2.05) is 10.9 Å². The third-order valence-electron chi connectivity index (χ3n) is 4.13. The first-order valence-corrected chi connectivity index (χ1v) is 7.57. The highest BCUT2D eigenvalue weighted by atomic mass is 16.5. The minimum atomic E-state index is 0.299. The number of nitrogens with zero attached hydrogens (tertiary/aromatic N) is 2. The van der Waals surface area contributed by atoms with E-state index in [1.165, 1.54) is 5.56 Å². The van der Waals surface area contributed by atoms with Crippen molar-refractivity contribution in [3.05, 3.63) is 18.0 Å². The van der Waals surface area contributed by atoms with Crippen LogP contribution >= 0.6 is 0 Å². The van der Waals surface area contributed by atoms with Crippen LogP contribution in [0.2, 0.25) is 0 Å². The van der Waals surface area contributed by atoms with Crippen molar-refractivity contribution in [2.24, 2.45) is 5.41 Å². The first-order valence-electron chi connectivity index (χ1n) is 7.57. The summed E-state index contributed by atoms with van der Waals surface area (Å²) in [5, 5.41) is 7.92. The quantitative estimate of drug-likeness (QED) is 0.733. The number of aromatic nitrogens is 2. The Morgan fingerprint density at radius 3 is 2.90 bits per heavy atom. The van der Waals surface area contributed by atoms with E-state index in [9.17, 15) is 0 Å². The van der Waals surface area contributed by atoms with Gasteiger partial charge in [-0.25, -0.2) is 0 Å². The Labute approximate surface area is 121 Å². The van der Waals surface area contributed by atoms with E-state index in [-0.39, 0.29) is 0 Å². The summed E-state index contributed by atoms with van der Waals surface area (Å²) in [4.78, 5) is 0. The fraction of sp³-hybridized carbons (Fsp3) is 0.800. The lowest BCUT2D eigenvalue weighted by molar-refractivity contribution is 0.0143. The number of aryl methyl sites for hydroxylation is 1. The zero-order valence-corrected chi connectivity index (χ0v) is 12.7. The molecule has 0 bridgehead atoms. The molecule has 0 aromatic carbocycles. The van der Waals surface area contributed by atoms with Crippen LogP contribution in [0.5, 0.6) is 0 Å². The number of nitrogens with one attached hydrogen (secondary N) is 1. The van der Waals surface area contributed by atoms with Gasteiger partial charge in [-0.05, 0) is 37.2 Å². The number of methoxy groups -OCH3 is 1. The monoisotopic (exact) mass is 281 g/mol. The molecule has 5 heteroatoms. The van der Waals surface area contributed by atoms with E-state index in [0.717, 1.165) is 58.7 Å². The van der Waals surface area contributed by atoms with Gasteiger partial charge >= 0.3 is 0 Å². The van der Waals surface area contributed by atoms with E-state index >= 15 is 0 Å². The summed E-state index contributed by atoms with van der Waals surface area (Å²) in [5.41, 5.74) is 1.63. The second-order valence-electron chi connectivity index (χ2n) is 5.66. The van der Waals surface area contributed by atoms with Crippen LogP contribution in [0.15, 0.2) is 12.4 Å². The van der Waals surface area contributed by atoms with Crippen molar-refractivity contribution in [2.45, 2.75) is 32.7 Å². The van der Waals surface area contributed by atoms with Crippen molar-refractivity contribution < 1.29 is 9.47 Å². The summed E-state index contributed by atoms with van der Waals surface area (Å²) < 4.78 is 12.6. The van der Waals surface area contributed by atoms with E-state index in [1.54, 1.807) is 7.11 Å². The Bertz CT molecular complexity index is 386. The molecule has 1 N–H and O–H groups in total. The van der Waals surface area contributed by atoms with E-state index in [4.69, 9.17) is 9.47 Å². The molecule has 0 atom stereocenters. The maximum absolute atomic E-state index is 5.54. The average Bonchev–Trinajstić information content (AvgIpc) is 2.92. The molecule has 0 aliphatic carbocycles. The Hall–Kier alpha value is -0.910. The maximum atomic E-state index is 5.54. The molecule has 1 aliphatic heterocycles. The van der Waals surface area contributed by atoms with E-state index < -0.39 is 0 Å². The molecule has 0 radical (unpaired) electrons. The molecular weight excluding hydrogens is 254 g/mol. The highest BCUT2D eigenvalue weighted by Crippen LogP contribution is 2.33. The molecule has 1 aliphatic rings. The summed E-state index contributed by atoms with van der Waals surface area (Å²) in [6.07, 6.45) is 7.49. The minimum Gasteiger partial charge on any atom is -0.383 e. The molecule has 1 aromatic heterocycles. The average molecular weight is 281 g/mol. The highest BCUT2D eigenvalue weighted by molar-refractivity contribution is 5.08. The van der Waals surface area contributed by atoms with Crippen molar-refractivity contribution in [3.63, 3.8) is 0 Å². The van der Waals surface area contributed by atoms with Gasteiger partial charge < -0.3 is 14.8 Å². The summed E-state index contributed by atoms with van der Waals surface area (Å²) in [5.74, 6) is 0. The molecule has 114 valence electrons. The standard InChI is InChI=1S/C15H27N3O2/c1-3-18-12-14(11-17-18)10-15(4-7-20-8-5-15)13-16-6-9-19-2/h11-12,16H,3-10,13H2,1-2H3. The first-order chi connectivity index (χ1) is 9.78. The lowest BCUT2D eigenvalue weighted by Gasteiger charge is -2.37. The van der Waals surface area contributed by atoms with Crippen LogP contribution < -0.4 is 5.32 Å². The zero-order chi connectivity index (χ0) is 14.3. The Kier molecular flexibility index (Phi) is 6.01. The second-order valence-corrected chi connectivity index (χ2v) is 5.66. The molecule has 0 spiro atoms. The molecule has 0 amide bonds. The summed E-state index contributed by atoms with van der Waals surface area (Å²) >= 11 is 0. The smallest absolute Gasteiger partial charge is 0.0587 e. The fourth-order valence-corrected chi connectivity index (χ4v) is 2.85. The van der Waals surface area contributed by atoms with Crippen molar-refractivity contribution in [1.82, 2.24) is 15.1 Å². The van der Waals surface area contributed by atoms with Crippen LogP contribution in [0, 0.1) is 5.41 Å². The molecule has 2 rings (SSSR count). The van der Waals surface area contributed by atoms with Crippen LogP contribution in [-0.2, 0) is 22.4 Å². The predicted molar refractivity (Wildman–Crippen MR) is 78.8 cm³/mol. The molecule has 2 heterocycles. The van der Waals surface area contributed by atoms with Gasteiger partial charge in [0.1, 0.15) is 0 Å². The van der Waals surface area contributed by atoms with Crippen molar-refractivity contribution in [2.75, 3.05) is 40.0 Å². The van der Waals surface area contributed by atoms with Gasteiger partial charge in [0.25, 0.3) is 0 Å². The van der Waals surface area contributed by atoms with Crippen LogP contribution in [-0.4, -0.2) is 49.8 Å². The summed E-state index contributed by atoms with van der Waals surface area (Å²) in [7, 11) is 1.74. The van der Waals surface area contributed by atoms with Gasteiger partial charge in [-0.3, -0.25) is 4.68 Å². The van der Waals surface area contributed by atoms with E-state index in [2.05, 4.69) is 23.5 Å². The van der Waals surface area contributed by atoms with Gasteiger partial charge in [0.2, 0.25) is 0 Å². The Morgan fingerprint density at radius 1 is 1.45 bits per heavy atom. The molecule has 1 saturated heterocycles. The van der Waals surface area contributed by atoms with Crippen LogP contribution in [0.25, 0.3) is 0 Å². The minimum absolute atomic E-state index is 0.299. The first kappa shape index (κ1) is 15.5. The van der Waals surface area contributed by atoms with E-state index in [0.29, 0.717) is 5.41 Å². The molecule has 1 aromatic rings. The largest absolute Gasteiger partial charge is 0.383 e. The van der Waals surface area contributed by atoms with Crippen molar-refractivity contribution >= 4 is 0 Å². The molecule has 20 heavy (non-hydrogen) atoms. The lowest BCUT2D eigenvalue weighted by atomic mass is 9.75. The Morgan fingerprint density at radius 2 is 2.25 bits per heavy atom. The van der Waals surface area contributed by atoms with Gasteiger partial charge in [-0.2, -0.15) is 5.10 Å². The molecule has 0 saturated carbocycles. The lowest BCUT2D eigenvalue weighted by Crippen LogP contribution is -2.41. The third kappa shape index (κ3) is 4.30. The summed E-state index contributed by atoms with van der Waals surface area (Å²) in [6.45, 7) is 7.49. The van der Waals surface area contributed by atoms with Gasteiger partial charge in [-0.1, -0.05) is 0 Å². The van der Waals surface area contributed by atoms with Crippen LogP contribution in [0.1, 0.15) is 25.3 Å². The molecule has 0 unspecified atom stereocenters. The van der Waals surface area contributed by atoms with Gasteiger partial charge in [0.05, 0.1) is 12.8 Å². The fourth-order valence-electron chi connectivity index (χ4n) is 2.85. The highest BCUT2D eigenvalue weighted by Gasteiger charge is 2.32. The van der Waals surface area contributed by atoms with Crippen molar-refractivity contribution in [1.29, 1.82) is 0 Å². The summed E-state index contributed by atoms with van der Waals surface area (Å²) in [6, 6.07) is 0. The van der Waals surface area contributed by atoms with Crippen molar-refractivity contribution in [3.8, 4) is 0 Å². The second kappa shape index (κ2) is 7.76. The number of hydrogen-bond donors (Lipinski definition) is 1. The topological polar surface area (TPSA) is 48.3 Å². The molecule has 5 nitrogen and oxygen atoms in total. The zero-order valence-electron chi connectivity index (χ0n) is 12.7. The Balaban J connectivity index is 1.94. The maximum Gasteiger partial charge on any atom is 0.0587 e. The molecule has 1 fully saturated rings. The van der Waals surface area contributed by atoms with Gasteiger partial charge in [0, 0.05) is 46.2 Å². The molecular formula is C15H27N3O2. The van der Waals surface area contributed by atoms with Crippen LogP contribution in [0.3, 0.4) is 0 Å². The predicted octanol–water partition coefficient (Wildman–Crippen LogP) is 1.48. The van der Waals surface area contributed by atoms with Crippen LogP contribution in [0.4, 0.5) is 0 Å². The number of ether oxygens (including phenoxy) is 2. The number of rotatable bonds is 8.